The van der Waals surface area contributed by atoms with Crippen molar-refractivity contribution in [1.82, 2.24) is 15.3 Å². The number of nitrogens with one attached hydrogen (secondary N) is 2. The van der Waals surface area contributed by atoms with E-state index in [0.29, 0.717) is 5.69 Å². The molecule has 0 aliphatic rings. The number of esters is 1. The van der Waals surface area contributed by atoms with Crippen LogP contribution in [-0.2, 0) is 20.7 Å². The van der Waals surface area contributed by atoms with Crippen LogP contribution >= 0.6 is 0 Å². The Morgan fingerprint density at radius 2 is 2.22 bits per heavy atom. The lowest BCUT2D eigenvalue weighted by Gasteiger charge is -2.16. The second-order valence-corrected chi connectivity index (χ2v) is 3.33. The third kappa shape index (κ3) is 3.75. The maximum Gasteiger partial charge on any atom is 0.471 e. The van der Waals surface area contributed by atoms with Crippen molar-refractivity contribution in [1.29, 1.82) is 0 Å². The van der Waals surface area contributed by atoms with Crippen molar-refractivity contribution in [3.63, 3.8) is 0 Å². The van der Waals surface area contributed by atoms with Gasteiger partial charge in [0.05, 0.1) is 13.4 Å². The van der Waals surface area contributed by atoms with Gasteiger partial charge in [-0.25, -0.2) is 9.78 Å². The standard InChI is InChI=1S/C9H10F3N3O3/c1-18-7(16)6(2-5-3-13-4-14-5)15-8(17)9(10,11)12/h3-4,6H,2H2,1H3,(H,13,14)(H,15,17)/t6-/m0/s1. The number of methoxy groups -OCH3 is 1. The number of H-pyrrole nitrogens is 1. The number of rotatable bonds is 4. The van der Waals surface area contributed by atoms with Gasteiger partial charge in [0.25, 0.3) is 0 Å². The molecule has 0 spiro atoms. The monoisotopic (exact) mass is 265 g/mol. The Morgan fingerprint density at radius 1 is 1.56 bits per heavy atom. The highest BCUT2D eigenvalue weighted by Gasteiger charge is 2.41. The van der Waals surface area contributed by atoms with Crippen molar-refractivity contribution in [2.45, 2.75) is 18.6 Å². The van der Waals surface area contributed by atoms with E-state index in [1.165, 1.54) is 12.5 Å². The number of carbonyl (C=O) groups excluding carboxylic acids is 2. The van der Waals surface area contributed by atoms with Crippen LogP contribution in [0, 0.1) is 0 Å². The number of halogens is 3. The first-order valence-corrected chi connectivity index (χ1v) is 4.77. The number of hydrogen-bond acceptors (Lipinski definition) is 4. The van der Waals surface area contributed by atoms with Gasteiger partial charge in [-0.2, -0.15) is 13.2 Å². The first kappa shape index (κ1) is 14.0. The summed E-state index contributed by atoms with van der Waals surface area (Å²) in [4.78, 5) is 28.3. The van der Waals surface area contributed by atoms with Gasteiger partial charge in [-0.05, 0) is 0 Å². The number of nitrogens with zero attached hydrogens (tertiary/aromatic N) is 1. The fraction of sp³-hybridized carbons (Fsp3) is 0.444. The molecule has 1 heterocycles. The number of carbonyl (C=O) groups is 2. The SMILES string of the molecule is COC(=O)[C@H](Cc1cnc[nH]1)NC(=O)C(F)(F)F. The molecule has 1 rings (SSSR count). The van der Waals surface area contributed by atoms with Crippen LogP contribution in [0.2, 0.25) is 0 Å². The Labute approximate surface area is 99.5 Å². The second-order valence-electron chi connectivity index (χ2n) is 3.33. The Bertz CT molecular complexity index is 416. The molecule has 2 N–H and O–H groups in total. The van der Waals surface area contributed by atoms with Crippen molar-refractivity contribution >= 4 is 11.9 Å². The van der Waals surface area contributed by atoms with E-state index >= 15 is 0 Å². The number of aromatic nitrogens is 2. The van der Waals surface area contributed by atoms with Crippen LogP contribution in [0.5, 0.6) is 0 Å². The van der Waals surface area contributed by atoms with E-state index in [4.69, 9.17) is 0 Å². The van der Waals surface area contributed by atoms with Gasteiger partial charge in [-0.15, -0.1) is 0 Å². The highest BCUT2D eigenvalue weighted by Crippen LogP contribution is 2.15. The minimum Gasteiger partial charge on any atom is -0.467 e. The molecule has 1 aromatic heterocycles. The summed E-state index contributed by atoms with van der Waals surface area (Å²) in [7, 11) is 1.02. The van der Waals surface area contributed by atoms with Crippen molar-refractivity contribution in [3.05, 3.63) is 18.2 Å². The van der Waals surface area contributed by atoms with Crippen LogP contribution in [0.3, 0.4) is 0 Å². The summed E-state index contributed by atoms with van der Waals surface area (Å²) in [5.74, 6) is -3.17. The fourth-order valence-electron chi connectivity index (χ4n) is 1.19. The van der Waals surface area contributed by atoms with E-state index in [0.717, 1.165) is 7.11 Å². The van der Waals surface area contributed by atoms with Gasteiger partial charge in [0.1, 0.15) is 6.04 Å². The van der Waals surface area contributed by atoms with E-state index in [1.54, 1.807) is 5.32 Å². The molecule has 1 aromatic rings. The lowest BCUT2D eigenvalue weighted by Crippen LogP contribution is -2.48. The molecule has 100 valence electrons. The van der Waals surface area contributed by atoms with Crippen molar-refractivity contribution < 1.29 is 27.5 Å². The van der Waals surface area contributed by atoms with Crippen LogP contribution in [0.1, 0.15) is 5.69 Å². The minimum atomic E-state index is -5.06. The zero-order valence-corrected chi connectivity index (χ0v) is 9.25. The van der Waals surface area contributed by atoms with E-state index in [2.05, 4.69) is 14.7 Å². The number of alkyl halides is 3. The fourth-order valence-corrected chi connectivity index (χ4v) is 1.19. The maximum absolute atomic E-state index is 12.1. The number of hydrogen-bond donors (Lipinski definition) is 2. The molecule has 0 saturated heterocycles. The first-order chi connectivity index (χ1) is 8.34. The maximum atomic E-state index is 12.1. The number of aromatic amines is 1. The lowest BCUT2D eigenvalue weighted by molar-refractivity contribution is -0.175. The van der Waals surface area contributed by atoms with Gasteiger partial charge in [0, 0.05) is 18.3 Å². The van der Waals surface area contributed by atoms with Gasteiger partial charge < -0.3 is 15.0 Å². The number of ether oxygens (including phenoxy) is 1. The van der Waals surface area contributed by atoms with Crippen LogP contribution in [0.4, 0.5) is 13.2 Å². The molecule has 0 aliphatic carbocycles. The quantitative estimate of drug-likeness (QED) is 0.760. The zero-order valence-electron chi connectivity index (χ0n) is 9.25. The Hall–Kier alpha value is -2.06. The predicted molar refractivity (Wildman–Crippen MR) is 52.3 cm³/mol. The summed E-state index contributed by atoms with van der Waals surface area (Å²) >= 11 is 0. The molecule has 1 amide bonds. The Kier molecular flexibility index (Phi) is 4.29. The molecule has 0 unspecified atom stereocenters. The zero-order chi connectivity index (χ0) is 13.8. The molecule has 1 atom stereocenters. The summed E-state index contributed by atoms with van der Waals surface area (Å²) in [5, 5.41) is 1.56. The van der Waals surface area contributed by atoms with Gasteiger partial charge in [-0.3, -0.25) is 4.79 Å². The summed E-state index contributed by atoms with van der Waals surface area (Å²) in [6.45, 7) is 0. The summed E-state index contributed by atoms with van der Waals surface area (Å²) in [5.41, 5.74) is 0.396. The summed E-state index contributed by atoms with van der Waals surface area (Å²) in [6.07, 6.45) is -2.60. The van der Waals surface area contributed by atoms with Gasteiger partial charge >= 0.3 is 18.1 Å². The van der Waals surface area contributed by atoms with E-state index < -0.39 is 24.1 Å². The highest BCUT2D eigenvalue weighted by atomic mass is 19.4. The summed E-state index contributed by atoms with van der Waals surface area (Å²) in [6, 6.07) is -1.43. The molecule has 0 bridgehead atoms. The molecule has 0 aliphatic heterocycles. The highest BCUT2D eigenvalue weighted by molar-refractivity contribution is 5.87. The average Bonchev–Trinajstić information content (AvgIpc) is 2.78. The van der Waals surface area contributed by atoms with Crippen molar-refractivity contribution in [2.24, 2.45) is 0 Å². The van der Waals surface area contributed by atoms with Crippen LogP contribution < -0.4 is 5.32 Å². The van der Waals surface area contributed by atoms with E-state index in [9.17, 15) is 22.8 Å². The molecule has 0 radical (unpaired) electrons. The van der Waals surface area contributed by atoms with Gasteiger partial charge in [0.2, 0.25) is 0 Å². The number of amides is 1. The van der Waals surface area contributed by atoms with Gasteiger partial charge in [-0.1, -0.05) is 0 Å². The van der Waals surface area contributed by atoms with E-state index in [1.807, 2.05) is 0 Å². The lowest BCUT2D eigenvalue weighted by atomic mass is 10.1. The molecular formula is C9H10F3N3O3. The normalized spacial score (nSPS) is 12.9. The molecule has 18 heavy (non-hydrogen) atoms. The average molecular weight is 265 g/mol. The third-order valence-electron chi connectivity index (χ3n) is 2.03. The Balaban J connectivity index is 2.74. The molecule has 6 nitrogen and oxygen atoms in total. The Morgan fingerprint density at radius 3 is 2.67 bits per heavy atom. The molecule has 0 fully saturated rings. The van der Waals surface area contributed by atoms with Crippen molar-refractivity contribution in [2.75, 3.05) is 7.11 Å². The predicted octanol–water partition coefficient (Wildman–Crippen LogP) is 0.172. The van der Waals surface area contributed by atoms with E-state index in [-0.39, 0.29) is 6.42 Å². The minimum absolute atomic E-state index is 0.172. The second kappa shape index (κ2) is 5.52. The van der Waals surface area contributed by atoms with Crippen molar-refractivity contribution in [3.8, 4) is 0 Å². The van der Waals surface area contributed by atoms with Crippen LogP contribution in [0.25, 0.3) is 0 Å². The molecule has 0 saturated carbocycles. The molecule has 9 heteroatoms. The molecular weight excluding hydrogens is 255 g/mol. The smallest absolute Gasteiger partial charge is 0.467 e. The molecule has 0 aromatic carbocycles. The van der Waals surface area contributed by atoms with Crippen LogP contribution in [0.15, 0.2) is 12.5 Å². The summed E-state index contributed by atoms with van der Waals surface area (Å²) < 4.78 is 40.5. The number of imidazole rings is 1. The van der Waals surface area contributed by atoms with Crippen LogP contribution in [-0.4, -0.2) is 41.2 Å². The topological polar surface area (TPSA) is 84.1 Å². The third-order valence-corrected chi connectivity index (χ3v) is 2.03. The first-order valence-electron chi connectivity index (χ1n) is 4.77. The van der Waals surface area contributed by atoms with Gasteiger partial charge in [0.15, 0.2) is 0 Å². The largest absolute Gasteiger partial charge is 0.471 e.